The normalized spacial score (nSPS) is 19.0. The Labute approximate surface area is 123 Å². The first-order valence-corrected chi connectivity index (χ1v) is 6.88. The average molecular weight is 293 g/mol. The number of methoxy groups -OCH3 is 1. The molecule has 1 aliphatic heterocycles. The Hall–Kier alpha value is -2.08. The summed E-state index contributed by atoms with van der Waals surface area (Å²) in [7, 11) is 1.53. The topological polar surface area (TPSA) is 84.9 Å². The number of carboxylic acid groups (broad SMARTS) is 1. The molecule has 0 saturated carbocycles. The highest BCUT2D eigenvalue weighted by Gasteiger charge is 2.25. The van der Waals surface area contributed by atoms with Crippen LogP contribution in [-0.2, 0) is 14.3 Å². The SMILES string of the molecule is COc1ccc(C(NC(=O)CC2CCCO2)C(=O)O)cc1. The van der Waals surface area contributed by atoms with Crippen LogP contribution in [0, 0.1) is 0 Å². The van der Waals surface area contributed by atoms with Gasteiger partial charge >= 0.3 is 5.97 Å². The van der Waals surface area contributed by atoms with Crippen molar-refractivity contribution in [3.05, 3.63) is 29.8 Å². The Morgan fingerprint density at radius 1 is 1.43 bits per heavy atom. The highest BCUT2D eigenvalue weighted by molar-refractivity contribution is 5.84. The van der Waals surface area contributed by atoms with E-state index in [0.717, 1.165) is 12.8 Å². The third kappa shape index (κ3) is 4.19. The van der Waals surface area contributed by atoms with Gasteiger partial charge in [0.25, 0.3) is 0 Å². The number of ether oxygens (including phenoxy) is 2. The van der Waals surface area contributed by atoms with E-state index in [4.69, 9.17) is 9.47 Å². The van der Waals surface area contributed by atoms with E-state index in [1.54, 1.807) is 24.3 Å². The number of carboxylic acids is 1. The maximum atomic E-state index is 11.9. The lowest BCUT2D eigenvalue weighted by Crippen LogP contribution is -2.35. The molecule has 0 aromatic heterocycles. The molecule has 0 bridgehead atoms. The van der Waals surface area contributed by atoms with Crippen molar-refractivity contribution in [3.8, 4) is 5.75 Å². The second-order valence-corrected chi connectivity index (χ2v) is 4.95. The predicted octanol–water partition coefficient (Wildman–Crippen LogP) is 1.51. The van der Waals surface area contributed by atoms with Crippen molar-refractivity contribution in [1.29, 1.82) is 0 Å². The fourth-order valence-electron chi connectivity index (χ4n) is 2.32. The van der Waals surface area contributed by atoms with Crippen LogP contribution in [0.5, 0.6) is 5.75 Å². The summed E-state index contributed by atoms with van der Waals surface area (Å²) in [5, 5.41) is 11.8. The summed E-state index contributed by atoms with van der Waals surface area (Å²) in [6, 6.07) is 5.52. The summed E-state index contributed by atoms with van der Waals surface area (Å²) in [6.45, 7) is 0.665. The molecule has 1 aliphatic rings. The zero-order valence-corrected chi connectivity index (χ0v) is 11.9. The molecule has 2 N–H and O–H groups in total. The Morgan fingerprint density at radius 2 is 2.14 bits per heavy atom. The summed E-state index contributed by atoms with van der Waals surface area (Å²) in [5.41, 5.74) is 0.504. The van der Waals surface area contributed by atoms with Gasteiger partial charge in [-0.1, -0.05) is 12.1 Å². The lowest BCUT2D eigenvalue weighted by Gasteiger charge is -2.16. The highest BCUT2D eigenvalue weighted by atomic mass is 16.5. The Morgan fingerprint density at radius 3 is 2.67 bits per heavy atom. The van der Waals surface area contributed by atoms with Crippen molar-refractivity contribution < 1.29 is 24.2 Å². The molecule has 114 valence electrons. The minimum Gasteiger partial charge on any atom is -0.497 e. The van der Waals surface area contributed by atoms with Crippen LogP contribution in [0.25, 0.3) is 0 Å². The molecule has 1 fully saturated rings. The Bertz CT molecular complexity index is 493. The highest BCUT2D eigenvalue weighted by Crippen LogP contribution is 2.19. The van der Waals surface area contributed by atoms with Crippen LogP contribution < -0.4 is 10.1 Å². The number of nitrogens with one attached hydrogen (secondary N) is 1. The van der Waals surface area contributed by atoms with Crippen LogP contribution >= 0.6 is 0 Å². The maximum Gasteiger partial charge on any atom is 0.330 e. The minimum atomic E-state index is -1.10. The smallest absolute Gasteiger partial charge is 0.330 e. The van der Waals surface area contributed by atoms with Gasteiger partial charge in [-0.3, -0.25) is 4.79 Å². The van der Waals surface area contributed by atoms with E-state index >= 15 is 0 Å². The number of carbonyl (C=O) groups excluding carboxylic acids is 1. The van der Waals surface area contributed by atoms with Crippen molar-refractivity contribution in [1.82, 2.24) is 5.32 Å². The van der Waals surface area contributed by atoms with Crippen LogP contribution in [0.2, 0.25) is 0 Å². The quantitative estimate of drug-likeness (QED) is 0.830. The molecule has 0 aliphatic carbocycles. The van der Waals surface area contributed by atoms with Gasteiger partial charge in [0.05, 0.1) is 19.6 Å². The first kappa shape index (κ1) is 15.3. The molecule has 1 aromatic rings. The van der Waals surface area contributed by atoms with E-state index in [9.17, 15) is 14.7 Å². The van der Waals surface area contributed by atoms with Gasteiger partial charge in [-0.05, 0) is 30.5 Å². The van der Waals surface area contributed by atoms with Crippen molar-refractivity contribution >= 4 is 11.9 Å². The van der Waals surface area contributed by atoms with E-state index in [1.165, 1.54) is 7.11 Å². The molecule has 21 heavy (non-hydrogen) atoms. The van der Waals surface area contributed by atoms with Crippen molar-refractivity contribution in [3.63, 3.8) is 0 Å². The number of hydrogen-bond donors (Lipinski definition) is 2. The van der Waals surface area contributed by atoms with Crippen LogP contribution in [0.1, 0.15) is 30.9 Å². The van der Waals surface area contributed by atoms with Gasteiger partial charge in [0.15, 0.2) is 6.04 Å². The van der Waals surface area contributed by atoms with Crippen LogP contribution in [0.15, 0.2) is 24.3 Å². The lowest BCUT2D eigenvalue weighted by atomic mass is 10.1. The molecular formula is C15H19NO5. The standard InChI is InChI=1S/C15H19NO5/c1-20-11-6-4-10(5-7-11)14(15(18)19)16-13(17)9-12-3-2-8-21-12/h4-7,12,14H,2-3,8-9H2,1H3,(H,16,17)(H,18,19). The van der Waals surface area contributed by atoms with Crippen LogP contribution in [0.3, 0.4) is 0 Å². The van der Waals surface area contributed by atoms with E-state index < -0.39 is 12.0 Å². The molecule has 1 heterocycles. The summed E-state index contributed by atoms with van der Waals surface area (Å²) in [6.07, 6.45) is 1.88. The summed E-state index contributed by atoms with van der Waals surface area (Å²) in [5.74, 6) is -0.778. The van der Waals surface area contributed by atoms with Crippen molar-refractivity contribution in [2.45, 2.75) is 31.4 Å². The zero-order chi connectivity index (χ0) is 15.2. The third-order valence-corrected chi connectivity index (χ3v) is 3.44. The molecule has 0 radical (unpaired) electrons. The van der Waals surface area contributed by atoms with Gasteiger partial charge in [-0.25, -0.2) is 4.79 Å². The average Bonchev–Trinajstić information content (AvgIpc) is 2.97. The van der Waals surface area contributed by atoms with Gasteiger partial charge in [0.1, 0.15) is 5.75 Å². The summed E-state index contributed by atoms with van der Waals surface area (Å²) in [4.78, 5) is 23.3. The number of hydrogen-bond acceptors (Lipinski definition) is 4. The van der Waals surface area contributed by atoms with Gasteiger partial charge in [0.2, 0.25) is 5.91 Å². The van der Waals surface area contributed by atoms with E-state index in [-0.39, 0.29) is 18.4 Å². The van der Waals surface area contributed by atoms with Crippen molar-refractivity contribution in [2.24, 2.45) is 0 Å². The molecule has 6 heteroatoms. The monoisotopic (exact) mass is 293 g/mol. The third-order valence-electron chi connectivity index (χ3n) is 3.44. The minimum absolute atomic E-state index is 0.102. The fourth-order valence-corrected chi connectivity index (χ4v) is 2.32. The number of rotatable bonds is 6. The zero-order valence-electron chi connectivity index (χ0n) is 11.9. The summed E-state index contributed by atoms with van der Waals surface area (Å²) < 4.78 is 10.4. The molecule has 1 aromatic carbocycles. The van der Waals surface area contributed by atoms with Gasteiger partial charge < -0.3 is 19.9 Å². The van der Waals surface area contributed by atoms with Gasteiger partial charge in [-0.15, -0.1) is 0 Å². The molecule has 2 unspecified atom stereocenters. The van der Waals surface area contributed by atoms with Gasteiger partial charge in [0, 0.05) is 6.61 Å². The van der Waals surface area contributed by atoms with E-state index in [0.29, 0.717) is 17.9 Å². The molecular weight excluding hydrogens is 274 g/mol. The van der Waals surface area contributed by atoms with E-state index in [2.05, 4.69) is 5.32 Å². The van der Waals surface area contributed by atoms with E-state index in [1.807, 2.05) is 0 Å². The number of carbonyl (C=O) groups is 2. The molecule has 0 spiro atoms. The number of amides is 1. The molecule has 2 atom stereocenters. The molecule has 1 amide bonds. The second kappa shape index (κ2) is 7.08. The van der Waals surface area contributed by atoms with Crippen LogP contribution in [-0.4, -0.2) is 36.8 Å². The molecule has 2 rings (SSSR count). The summed E-state index contributed by atoms with van der Waals surface area (Å²) >= 11 is 0. The van der Waals surface area contributed by atoms with Gasteiger partial charge in [-0.2, -0.15) is 0 Å². The first-order valence-electron chi connectivity index (χ1n) is 6.88. The van der Waals surface area contributed by atoms with Crippen molar-refractivity contribution in [2.75, 3.05) is 13.7 Å². The second-order valence-electron chi connectivity index (χ2n) is 4.95. The van der Waals surface area contributed by atoms with Crippen LogP contribution in [0.4, 0.5) is 0 Å². The lowest BCUT2D eigenvalue weighted by molar-refractivity contribution is -0.142. The first-order chi connectivity index (χ1) is 10.1. The largest absolute Gasteiger partial charge is 0.497 e. The fraction of sp³-hybridized carbons (Fsp3) is 0.467. The number of benzene rings is 1. The predicted molar refractivity (Wildman–Crippen MR) is 75.1 cm³/mol. The molecule has 1 saturated heterocycles. The number of aliphatic carboxylic acids is 1. The maximum absolute atomic E-state index is 11.9. The Kier molecular flexibility index (Phi) is 5.16. The Balaban J connectivity index is 2.00. The molecule has 6 nitrogen and oxygen atoms in total.